The Balaban J connectivity index is 1.55. The molecule has 0 radical (unpaired) electrons. The number of benzene rings is 3. The van der Waals surface area contributed by atoms with Crippen molar-refractivity contribution in [3.05, 3.63) is 58.4 Å². The summed E-state index contributed by atoms with van der Waals surface area (Å²) in [7, 11) is 4.18. The van der Waals surface area contributed by atoms with Crippen LogP contribution in [0.4, 0.5) is 14.4 Å². The summed E-state index contributed by atoms with van der Waals surface area (Å²) < 4.78 is 59.6. The number of esters is 3. The summed E-state index contributed by atoms with van der Waals surface area (Å²) in [4.78, 5) is 94.7. The Morgan fingerprint density at radius 2 is 0.962 bits per heavy atom. The Hall–Kier alpha value is -7.97. The van der Waals surface area contributed by atoms with Crippen LogP contribution in [0, 0.1) is 17.8 Å². The molecule has 0 aliphatic carbocycles. The zero-order chi connectivity index (χ0) is 58.8. The predicted molar refractivity (Wildman–Crippen MR) is 293 cm³/mol. The van der Waals surface area contributed by atoms with Crippen LogP contribution < -0.4 is 50.0 Å². The van der Waals surface area contributed by atoms with Crippen LogP contribution >= 0.6 is 0 Å². The van der Waals surface area contributed by atoms with Crippen molar-refractivity contribution in [2.75, 3.05) is 21.3 Å². The van der Waals surface area contributed by atoms with Crippen molar-refractivity contribution in [2.45, 2.75) is 152 Å². The highest BCUT2D eigenvalue weighted by molar-refractivity contribution is 6.17. The molecule has 5 aromatic rings. The molecule has 21 heteroatoms. The molecule has 428 valence electrons. The van der Waals surface area contributed by atoms with Gasteiger partial charge in [-0.1, -0.05) is 47.6 Å². The maximum Gasteiger partial charge on any atom is 0.408 e. The number of alkyl carbamates (subject to hydrolysis) is 3. The van der Waals surface area contributed by atoms with Crippen LogP contribution in [0.1, 0.15) is 109 Å². The molecular weight excluding hydrogens is 1020 g/mol. The number of aromatic nitrogens is 1. The molecule has 0 saturated carbocycles. The molecule has 3 atom stereocenters. The van der Waals surface area contributed by atoms with Crippen LogP contribution in [0.2, 0.25) is 0 Å². The largest absolute Gasteiger partial charge is 0.493 e. The maximum atomic E-state index is 14.7. The van der Waals surface area contributed by atoms with Crippen molar-refractivity contribution in [3.8, 4) is 56.9 Å². The van der Waals surface area contributed by atoms with Gasteiger partial charge in [0.25, 0.3) is 0 Å². The van der Waals surface area contributed by atoms with Crippen molar-refractivity contribution in [3.63, 3.8) is 0 Å². The first-order valence-electron chi connectivity index (χ1n) is 26.0. The molecule has 0 unspecified atom stereocenters. The summed E-state index contributed by atoms with van der Waals surface area (Å²) in [6.45, 7) is 26.0. The number of methoxy groups -OCH3 is 3. The van der Waals surface area contributed by atoms with Crippen molar-refractivity contribution in [1.29, 1.82) is 0 Å². The van der Waals surface area contributed by atoms with Crippen LogP contribution in [0.15, 0.2) is 51.7 Å². The number of nitrogens with zero attached hydrogens (tertiary/aromatic N) is 1. The van der Waals surface area contributed by atoms with Crippen molar-refractivity contribution in [1.82, 2.24) is 20.5 Å². The van der Waals surface area contributed by atoms with Gasteiger partial charge in [0.2, 0.25) is 0 Å². The second kappa shape index (κ2) is 23.6. The van der Waals surface area contributed by atoms with E-state index in [4.69, 9.17) is 47.0 Å². The van der Waals surface area contributed by atoms with Gasteiger partial charge < -0.3 is 67.6 Å². The summed E-state index contributed by atoms with van der Waals surface area (Å²) in [5.74, 6) is -3.37. The zero-order valence-corrected chi connectivity index (χ0v) is 48.3. The summed E-state index contributed by atoms with van der Waals surface area (Å²) in [6, 6.07) is 7.76. The SMILES string of the molecule is COc1cc(-c2c3n(c4c(=O)oc5cc(OC(=O)[C@@H](NC(=O)OC(C)(C)C)C(C)C)c(OC)cc5c24)CCc2cc(OC(=O)[C@@H](NC(=O)OC(C)(C)C)C(C)C)c(OC)cc2-3)ccc1OC(=O)[C@@H](NC(=O)OC(C)(C)C)C(C)C. The van der Waals surface area contributed by atoms with E-state index in [-0.39, 0.29) is 52.1 Å². The van der Waals surface area contributed by atoms with E-state index in [1.165, 1.54) is 33.5 Å². The lowest BCUT2D eigenvalue weighted by Gasteiger charge is -2.26. The summed E-state index contributed by atoms with van der Waals surface area (Å²) in [5.41, 5.74) is -0.386. The number of hydrogen-bond donors (Lipinski definition) is 3. The van der Waals surface area contributed by atoms with E-state index >= 15 is 0 Å². The molecule has 21 nitrogen and oxygen atoms in total. The lowest BCUT2D eigenvalue weighted by molar-refractivity contribution is -0.138. The van der Waals surface area contributed by atoms with Gasteiger partial charge in [-0.25, -0.2) is 33.6 Å². The molecule has 3 aromatic carbocycles. The molecule has 6 rings (SSSR count). The highest BCUT2D eigenvalue weighted by atomic mass is 16.6. The molecular formula is C58H74N4O17. The summed E-state index contributed by atoms with van der Waals surface area (Å²) >= 11 is 0. The first-order valence-corrected chi connectivity index (χ1v) is 26.0. The highest BCUT2D eigenvalue weighted by Crippen LogP contribution is 2.50. The fourth-order valence-corrected chi connectivity index (χ4v) is 8.81. The van der Waals surface area contributed by atoms with Gasteiger partial charge in [-0.05, 0) is 128 Å². The monoisotopic (exact) mass is 1100 g/mol. The number of nitrogens with one attached hydrogen (secondary N) is 3. The molecule has 0 saturated heterocycles. The van der Waals surface area contributed by atoms with Gasteiger partial charge in [0, 0.05) is 34.5 Å². The molecule has 1 aliphatic rings. The average molecular weight is 1100 g/mol. The number of carbonyl (C=O) groups excluding carboxylic acids is 6. The Kier molecular flexibility index (Phi) is 18.0. The van der Waals surface area contributed by atoms with E-state index in [9.17, 15) is 33.6 Å². The standard InChI is InChI=1S/C58H74N4O17/c1-28(2)44(59-53(67)77-56(7,8)9)49(63)73-35-20-19-32(24-37(35)70-16)42-43-34-26-39(72-18)41(76-51(65)46(30(5)6)61-55(69)79-58(13,14)15)27-36(34)74-52(66)48(43)62-22-21-31-23-40(38(71-17)25-33(31)47(42)62)75-50(64)45(29(3)4)60-54(68)78-57(10,11)12/h19-20,23-30,44-46H,21-22H2,1-18H3,(H,59,67)(H,60,68)(H,61,69)/t44-,45-,46-/m0/s1. The Morgan fingerprint density at radius 3 is 1.39 bits per heavy atom. The Labute approximate surface area is 459 Å². The fraction of sp³-hybridized carbons (Fsp3) is 0.500. The van der Waals surface area contributed by atoms with Gasteiger partial charge >= 0.3 is 41.8 Å². The van der Waals surface area contributed by atoms with Gasteiger partial charge in [0.05, 0.1) is 27.0 Å². The second-order valence-corrected chi connectivity index (χ2v) is 23.1. The Morgan fingerprint density at radius 1 is 0.544 bits per heavy atom. The zero-order valence-electron chi connectivity index (χ0n) is 48.3. The van der Waals surface area contributed by atoms with E-state index in [1.807, 2.05) is 4.57 Å². The van der Waals surface area contributed by atoms with Gasteiger partial charge in [-0.2, -0.15) is 0 Å². The molecule has 0 spiro atoms. The third-order valence-electron chi connectivity index (χ3n) is 12.3. The number of rotatable bonds is 16. The van der Waals surface area contributed by atoms with Crippen molar-refractivity contribution < 1.29 is 75.8 Å². The number of aryl methyl sites for hydroxylation is 2. The highest BCUT2D eigenvalue weighted by Gasteiger charge is 2.36. The van der Waals surface area contributed by atoms with E-state index in [1.54, 1.807) is 134 Å². The number of hydrogen-bond acceptors (Lipinski definition) is 17. The third-order valence-corrected chi connectivity index (χ3v) is 12.3. The molecule has 0 fully saturated rings. The first-order chi connectivity index (χ1) is 36.7. The third kappa shape index (κ3) is 14.2. The smallest absolute Gasteiger partial charge is 0.408 e. The number of fused-ring (bicyclic) bond motifs is 7. The minimum Gasteiger partial charge on any atom is -0.493 e. The summed E-state index contributed by atoms with van der Waals surface area (Å²) in [6.07, 6.45) is -2.10. The fourth-order valence-electron chi connectivity index (χ4n) is 8.81. The van der Waals surface area contributed by atoms with Crippen LogP contribution in [-0.2, 0) is 41.6 Å². The van der Waals surface area contributed by atoms with Gasteiger partial charge in [0.15, 0.2) is 34.5 Å². The summed E-state index contributed by atoms with van der Waals surface area (Å²) in [5, 5.41) is 8.56. The minimum atomic E-state index is -1.16. The van der Waals surface area contributed by atoms with E-state index in [0.29, 0.717) is 45.1 Å². The lowest BCUT2D eigenvalue weighted by atomic mass is 9.91. The maximum absolute atomic E-state index is 14.7. The van der Waals surface area contributed by atoms with Gasteiger partial charge in [-0.15, -0.1) is 0 Å². The van der Waals surface area contributed by atoms with Gasteiger partial charge in [0.1, 0.15) is 46.0 Å². The van der Waals surface area contributed by atoms with Crippen molar-refractivity contribution in [2.24, 2.45) is 17.8 Å². The first kappa shape index (κ1) is 60.3. The van der Waals surface area contributed by atoms with Gasteiger partial charge in [-0.3, -0.25) is 0 Å². The molecule has 0 bridgehead atoms. The van der Waals surface area contributed by atoms with Crippen LogP contribution in [0.3, 0.4) is 0 Å². The second-order valence-electron chi connectivity index (χ2n) is 23.1. The molecule has 3 amide bonds. The van der Waals surface area contributed by atoms with Crippen LogP contribution in [-0.4, -0.2) is 97.0 Å². The Bertz CT molecular complexity index is 3220. The van der Waals surface area contributed by atoms with E-state index < -0.39 is 94.5 Å². The number of carbonyl (C=O) groups is 6. The molecule has 1 aliphatic heterocycles. The van der Waals surface area contributed by atoms with E-state index in [2.05, 4.69) is 16.0 Å². The number of amides is 3. The van der Waals surface area contributed by atoms with Crippen LogP contribution in [0.5, 0.6) is 34.5 Å². The van der Waals surface area contributed by atoms with E-state index in [0.717, 1.165) is 0 Å². The lowest BCUT2D eigenvalue weighted by Crippen LogP contribution is -2.48. The molecule has 79 heavy (non-hydrogen) atoms. The quantitative estimate of drug-likeness (QED) is 0.0359. The minimum absolute atomic E-state index is 0.000914. The molecule has 3 heterocycles. The predicted octanol–water partition coefficient (Wildman–Crippen LogP) is 10.0. The number of ether oxygens (including phenoxy) is 9. The molecule has 2 aromatic heterocycles. The topological polar surface area (TPSA) is 257 Å². The van der Waals surface area contributed by atoms with Crippen molar-refractivity contribution >= 4 is 58.1 Å². The van der Waals surface area contributed by atoms with Crippen LogP contribution in [0.25, 0.3) is 44.3 Å². The average Bonchev–Trinajstić information content (AvgIpc) is 3.79. The molecule has 3 N–H and O–H groups in total. The normalized spacial score (nSPS) is 13.6.